The molecule has 0 radical (unpaired) electrons. The maximum Gasteiger partial charge on any atom is 0.232 e. The second kappa shape index (κ2) is 4.17. The molecule has 0 aromatic heterocycles. The Hall–Kier alpha value is -1.31. The Morgan fingerprint density at radius 1 is 1.41 bits per heavy atom. The number of amides is 1. The van der Waals surface area contributed by atoms with Crippen LogP contribution in [-0.2, 0) is 11.2 Å². The molecule has 2 rings (SSSR count). The van der Waals surface area contributed by atoms with Crippen molar-refractivity contribution >= 4 is 11.6 Å². The predicted molar refractivity (Wildman–Crippen MR) is 71.2 cm³/mol. The van der Waals surface area contributed by atoms with Gasteiger partial charge in [0, 0.05) is 17.1 Å². The lowest BCUT2D eigenvalue weighted by molar-refractivity contribution is -0.127. The van der Waals surface area contributed by atoms with Gasteiger partial charge in [-0.05, 0) is 31.4 Å². The molecule has 0 saturated heterocycles. The van der Waals surface area contributed by atoms with E-state index >= 15 is 0 Å². The largest absolute Gasteiger partial charge is 0.309 e. The summed E-state index contributed by atoms with van der Waals surface area (Å²) in [6.07, 6.45) is 1.85. The minimum atomic E-state index is -0.272. The summed E-state index contributed by atoms with van der Waals surface area (Å²) in [7, 11) is 0. The SMILES string of the molecule is CCC(C)(C)C(=O)N1c2ccccc2CC1C. The molecule has 92 valence electrons. The van der Waals surface area contributed by atoms with E-state index in [1.54, 1.807) is 0 Å². The summed E-state index contributed by atoms with van der Waals surface area (Å²) in [5, 5.41) is 0. The Morgan fingerprint density at radius 3 is 2.71 bits per heavy atom. The molecular weight excluding hydrogens is 210 g/mol. The average Bonchev–Trinajstić information content (AvgIpc) is 2.64. The number of carbonyl (C=O) groups excluding carboxylic acids is 1. The third-order valence-electron chi connectivity index (χ3n) is 3.89. The van der Waals surface area contributed by atoms with Crippen molar-refractivity contribution in [3.8, 4) is 0 Å². The van der Waals surface area contributed by atoms with E-state index in [0.717, 1.165) is 18.5 Å². The number of nitrogens with zero attached hydrogens (tertiary/aromatic N) is 1. The van der Waals surface area contributed by atoms with Gasteiger partial charge in [0.05, 0.1) is 0 Å². The molecule has 2 heteroatoms. The molecular formula is C15H21NO. The Bertz CT molecular complexity index is 436. The monoisotopic (exact) mass is 231 g/mol. The molecule has 1 aromatic carbocycles. The molecule has 0 fully saturated rings. The predicted octanol–water partition coefficient (Wildman–Crippen LogP) is 3.40. The van der Waals surface area contributed by atoms with E-state index in [0.29, 0.717) is 0 Å². The van der Waals surface area contributed by atoms with Gasteiger partial charge in [-0.2, -0.15) is 0 Å². The van der Waals surface area contributed by atoms with Crippen LogP contribution in [0, 0.1) is 5.41 Å². The van der Waals surface area contributed by atoms with Gasteiger partial charge in [-0.25, -0.2) is 0 Å². The van der Waals surface area contributed by atoms with Crippen LogP contribution in [0.25, 0.3) is 0 Å². The van der Waals surface area contributed by atoms with Crippen molar-refractivity contribution in [3.05, 3.63) is 29.8 Å². The molecule has 0 bridgehead atoms. The number of hydrogen-bond donors (Lipinski definition) is 0. The molecule has 1 heterocycles. The molecule has 1 aromatic rings. The fourth-order valence-electron chi connectivity index (χ4n) is 2.35. The van der Waals surface area contributed by atoms with Crippen LogP contribution in [0.2, 0.25) is 0 Å². The van der Waals surface area contributed by atoms with Crippen molar-refractivity contribution in [2.45, 2.75) is 46.6 Å². The van der Waals surface area contributed by atoms with Gasteiger partial charge in [0.2, 0.25) is 5.91 Å². The van der Waals surface area contributed by atoms with Crippen LogP contribution < -0.4 is 4.90 Å². The van der Waals surface area contributed by atoms with Crippen LogP contribution in [0.1, 0.15) is 39.7 Å². The first-order chi connectivity index (χ1) is 7.97. The highest BCUT2D eigenvalue weighted by atomic mass is 16.2. The van der Waals surface area contributed by atoms with E-state index < -0.39 is 0 Å². The minimum Gasteiger partial charge on any atom is -0.309 e. The van der Waals surface area contributed by atoms with Crippen molar-refractivity contribution in [1.29, 1.82) is 0 Å². The van der Waals surface area contributed by atoms with Crippen LogP contribution in [-0.4, -0.2) is 11.9 Å². The Balaban J connectivity index is 2.37. The summed E-state index contributed by atoms with van der Waals surface area (Å²) < 4.78 is 0. The van der Waals surface area contributed by atoms with E-state index in [1.165, 1.54) is 5.56 Å². The second-order valence-corrected chi connectivity index (χ2v) is 5.59. The zero-order valence-electron chi connectivity index (χ0n) is 11.2. The Morgan fingerprint density at radius 2 is 2.06 bits per heavy atom. The van der Waals surface area contributed by atoms with Gasteiger partial charge >= 0.3 is 0 Å². The maximum atomic E-state index is 12.6. The highest BCUT2D eigenvalue weighted by molar-refractivity contribution is 5.99. The van der Waals surface area contributed by atoms with Crippen molar-refractivity contribution in [1.82, 2.24) is 0 Å². The molecule has 2 nitrogen and oxygen atoms in total. The first kappa shape index (κ1) is 12.2. The van der Waals surface area contributed by atoms with Crippen molar-refractivity contribution in [2.24, 2.45) is 5.41 Å². The highest BCUT2D eigenvalue weighted by Gasteiger charge is 2.37. The highest BCUT2D eigenvalue weighted by Crippen LogP contribution is 2.36. The fraction of sp³-hybridized carbons (Fsp3) is 0.533. The normalized spacial score (nSPS) is 19.3. The quantitative estimate of drug-likeness (QED) is 0.764. The summed E-state index contributed by atoms with van der Waals surface area (Å²) in [5.41, 5.74) is 2.12. The number of hydrogen-bond acceptors (Lipinski definition) is 1. The number of anilines is 1. The van der Waals surface area contributed by atoms with E-state index in [2.05, 4.69) is 26.0 Å². The molecule has 1 atom stereocenters. The van der Waals surface area contributed by atoms with Gasteiger partial charge in [0.1, 0.15) is 0 Å². The van der Waals surface area contributed by atoms with E-state index in [4.69, 9.17) is 0 Å². The third kappa shape index (κ3) is 1.97. The molecule has 0 aliphatic carbocycles. The zero-order valence-corrected chi connectivity index (χ0v) is 11.2. The molecule has 1 aliphatic heterocycles. The summed E-state index contributed by atoms with van der Waals surface area (Å²) in [4.78, 5) is 14.6. The van der Waals surface area contributed by atoms with Gasteiger partial charge in [-0.15, -0.1) is 0 Å². The van der Waals surface area contributed by atoms with Gasteiger partial charge < -0.3 is 4.90 Å². The molecule has 1 aliphatic rings. The summed E-state index contributed by atoms with van der Waals surface area (Å²) in [6.45, 7) is 8.26. The van der Waals surface area contributed by atoms with Gasteiger partial charge in [-0.1, -0.05) is 39.0 Å². The number of fused-ring (bicyclic) bond motifs is 1. The van der Waals surface area contributed by atoms with Crippen molar-refractivity contribution < 1.29 is 4.79 Å². The smallest absolute Gasteiger partial charge is 0.232 e. The lowest BCUT2D eigenvalue weighted by Crippen LogP contribution is -2.43. The number of para-hydroxylation sites is 1. The lowest BCUT2D eigenvalue weighted by Gasteiger charge is -2.31. The molecule has 1 amide bonds. The van der Waals surface area contributed by atoms with Crippen LogP contribution >= 0.6 is 0 Å². The first-order valence-corrected chi connectivity index (χ1v) is 6.39. The fourth-order valence-corrected chi connectivity index (χ4v) is 2.35. The number of carbonyl (C=O) groups is 1. The summed E-state index contributed by atoms with van der Waals surface area (Å²) >= 11 is 0. The Labute approximate surface area is 104 Å². The molecule has 17 heavy (non-hydrogen) atoms. The Kier molecular flexibility index (Phi) is 2.98. The van der Waals surface area contributed by atoms with Gasteiger partial charge in [-0.3, -0.25) is 4.79 Å². The molecule has 0 spiro atoms. The second-order valence-electron chi connectivity index (χ2n) is 5.59. The average molecular weight is 231 g/mol. The van der Waals surface area contributed by atoms with E-state index in [-0.39, 0.29) is 17.4 Å². The summed E-state index contributed by atoms with van der Waals surface area (Å²) in [5.74, 6) is 0.248. The molecule has 1 unspecified atom stereocenters. The first-order valence-electron chi connectivity index (χ1n) is 6.39. The zero-order chi connectivity index (χ0) is 12.6. The minimum absolute atomic E-state index is 0.248. The van der Waals surface area contributed by atoms with Gasteiger partial charge in [0.15, 0.2) is 0 Å². The molecule has 0 N–H and O–H groups in total. The lowest BCUT2D eigenvalue weighted by atomic mass is 9.88. The van der Waals surface area contributed by atoms with E-state index in [9.17, 15) is 4.79 Å². The number of benzene rings is 1. The topological polar surface area (TPSA) is 20.3 Å². The molecule has 0 saturated carbocycles. The van der Waals surface area contributed by atoms with Crippen LogP contribution in [0.3, 0.4) is 0 Å². The summed E-state index contributed by atoms with van der Waals surface area (Å²) in [6, 6.07) is 8.52. The standard InChI is InChI=1S/C15H21NO/c1-5-15(3,4)14(17)16-11(2)10-12-8-6-7-9-13(12)16/h6-9,11H,5,10H2,1-4H3. The maximum absolute atomic E-state index is 12.6. The van der Waals surface area contributed by atoms with Crippen LogP contribution in [0.5, 0.6) is 0 Å². The third-order valence-corrected chi connectivity index (χ3v) is 3.89. The van der Waals surface area contributed by atoms with Gasteiger partial charge in [0.25, 0.3) is 0 Å². The number of rotatable bonds is 2. The van der Waals surface area contributed by atoms with Crippen molar-refractivity contribution in [3.63, 3.8) is 0 Å². The van der Waals surface area contributed by atoms with Crippen LogP contribution in [0.15, 0.2) is 24.3 Å². The van der Waals surface area contributed by atoms with E-state index in [1.807, 2.05) is 30.9 Å². The van der Waals surface area contributed by atoms with Crippen molar-refractivity contribution in [2.75, 3.05) is 4.90 Å². The van der Waals surface area contributed by atoms with Crippen LogP contribution in [0.4, 0.5) is 5.69 Å².